The van der Waals surface area contributed by atoms with Crippen LogP contribution in [0.15, 0.2) is 0 Å². The van der Waals surface area contributed by atoms with Crippen molar-refractivity contribution in [2.24, 2.45) is 0 Å². The monoisotopic (exact) mass is 212 g/mol. The summed E-state index contributed by atoms with van der Waals surface area (Å²) in [5.74, 6) is 0.690. The Morgan fingerprint density at radius 3 is 2.13 bits per heavy atom. The average Bonchev–Trinajstić information content (AvgIpc) is 2.33. The Kier molecular flexibility index (Phi) is 4.58. The molecule has 0 aromatic heterocycles. The second-order valence-corrected chi connectivity index (χ2v) is 4.30. The lowest BCUT2D eigenvalue weighted by Gasteiger charge is -2.39. The smallest absolute Gasteiger partial charge is 0.129 e. The third-order valence-electron chi connectivity index (χ3n) is 3.64. The van der Waals surface area contributed by atoms with Crippen molar-refractivity contribution >= 4 is 5.84 Å². The van der Waals surface area contributed by atoms with Gasteiger partial charge in [-0.05, 0) is 32.1 Å². The maximum Gasteiger partial charge on any atom is 0.129 e. The van der Waals surface area contributed by atoms with Gasteiger partial charge < -0.3 is 9.64 Å². The predicted octanol–water partition coefficient (Wildman–Crippen LogP) is 2.65. The molecule has 0 unspecified atom stereocenters. The van der Waals surface area contributed by atoms with Gasteiger partial charge in [0.25, 0.3) is 0 Å². The van der Waals surface area contributed by atoms with Crippen LogP contribution in [-0.2, 0) is 4.74 Å². The highest BCUT2D eigenvalue weighted by atomic mass is 16.5. The third-order valence-corrected chi connectivity index (χ3v) is 3.64. The molecule has 1 rings (SSSR count). The number of likely N-dealkylation sites (tertiary alicyclic amines) is 1. The van der Waals surface area contributed by atoms with Crippen molar-refractivity contribution in [3.63, 3.8) is 0 Å². The summed E-state index contributed by atoms with van der Waals surface area (Å²) in [7, 11) is 1.73. The Bertz CT molecular complexity index is 197. The van der Waals surface area contributed by atoms with Gasteiger partial charge in [-0.25, -0.2) is 0 Å². The van der Waals surface area contributed by atoms with Gasteiger partial charge in [-0.1, -0.05) is 13.8 Å². The minimum absolute atomic E-state index is 0.350. The van der Waals surface area contributed by atoms with E-state index in [0.717, 1.165) is 25.9 Å². The van der Waals surface area contributed by atoms with Gasteiger partial charge >= 0.3 is 0 Å². The van der Waals surface area contributed by atoms with Gasteiger partial charge in [-0.2, -0.15) is 0 Å². The summed E-state index contributed by atoms with van der Waals surface area (Å²) in [6.45, 7) is 6.27. The summed E-state index contributed by atoms with van der Waals surface area (Å²) >= 11 is 0. The number of piperidine rings is 1. The number of nitrogens with one attached hydrogen (secondary N) is 1. The quantitative estimate of drug-likeness (QED) is 0.574. The molecule has 0 aromatic carbocycles. The largest absolute Gasteiger partial charge is 0.370 e. The minimum Gasteiger partial charge on any atom is -0.370 e. The molecule has 1 fully saturated rings. The average molecular weight is 212 g/mol. The van der Waals surface area contributed by atoms with Crippen molar-refractivity contribution in [3.8, 4) is 0 Å². The van der Waals surface area contributed by atoms with Gasteiger partial charge in [0.1, 0.15) is 11.4 Å². The van der Waals surface area contributed by atoms with Gasteiger partial charge in [0.05, 0.1) is 0 Å². The molecule has 0 radical (unpaired) electrons. The van der Waals surface area contributed by atoms with Crippen LogP contribution in [0.3, 0.4) is 0 Å². The SMILES string of the molecule is CCC(CC)(OC)C(=N)N1CCCCC1. The molecule has 0 bridgehead atoms. The lowest BCUT2D eigenvalue weighted by atomic mass is 9.93. The highest BCUT2D eigenvalue weighted by molar-refractivity contribution is 5.87. The normalized spacial score (nSPS) is 17.9. The Balaban J connectivity index is 2.70. The van der Waals surface area contributed by atoms with E-state index in [1.165, 1.54) is 19.3 Å². The van der Waals surface area contributed by atoms with Gasteiger partial charge in [-0.15, -0.1) is 0 Å². The van der Waals surface area contributed by atoms with E-state index in [4.69, 9.17) is 10.1 Å². The number of hydrogen-bond donors (Lipinski definition) is 1. The maximum atomic E-state index is 8.29. The number of nitrogens with zero attached hydrogens (tertiary/aromatic N) is 1. The molecule has 88 valence electrons. The number of methoxy groups -OCH3 is 1. The summed E-state index contributed by atoms with van der Waals surface area (Å²) in [6, 6.07) is 0. The van der Waals surface area contributed by atoms with Crippen LogP contribution in [0.25, 0.3) is 0 Å². The van der Waals surface area contributed by atoms with Crippen LogP contribution in [0.1, 0.15) is 46.0 Å². The molecular weight excluding hydrogens is 188 g/mol. The van der Waals surface area contributed by atoms with Crippen LogP contribution in [0.5, 0.6) is 0 Å². The number of hydrogen-bond acceptors (Lipinski definition) is 2. The number of rotatable bonds is 4. The van der Waals surface area contributed by atoms with E-state index in [9.17, 15) is 0 Å². The van der Waals surface area contributed by atoms with Gasteiger partial charge in [0.2, 0.25) is 0 Å². The fraction of sp³-hybridized carbons (Fsp3) is 0.917. The molecule has 0 atom stereocenters. The first-order valence-corrected chi connectivity index (χ1v) is 6.09. The van der Waals surface area contributed by atoms with E-state index in [1.807, 2.05) is 0 Å². The van der Waals surface area contributed by atoms with E-state index in [2.05, 4.69) is 18.7 Å². The Morgan fingerprint density at radius 2 is 1.73 bits per heavy atom. The summed E-state index contributed by atoms with van der Waals surface area (Å²) < 4.78 is 5.59. The summed E-state index contributed by atoms with van der Waals surface area (Å²) in [4.78, 5) is 2.19. The number of amidine groups is 1. The van der Waals surface area contributed by atoms with Crippen molar-refractivity contribution in [1.29, 1.82) is 5.41 Å². The van der Waals surface area contributed by atoms with Crippen molar-refractivity contribution in [2.75, 3.05) is 20.2 Å². The topological polar surface area (TPSA) is 36.3 Å². The molecule has 0 spiro atoms. The molecule has 1 aliphatic heterocycles. The Morgan fingerprint density at radius 1 is 1.20 bits per heavy atom. The van der Waals surface area contributed by atoms with Crippen LogP contribution < -0.4 is 0 Å². The van der Waals surface area contributed by atoms with Crippen molar-refractivity contribution < 1.29 is 4.74 Å². The lowest BCUT2D eigenvalue weighted by Crippen LogP contribution is -2.50. The molecule has 1 aliphatic rings. The second kappa shape index (κ2) is 5.50. The van der Waals surface area contributed by atoms with Crippen LogP contribution in [-0.4, -0.2) is 36.5 Å². The van der Waals surface area contributed by atoms with Crippen molar-refractivity contribution in [3.05, 3.63) is 0 Å². The molecule has 3 heteroatoms. The fourth-order valence-corrected chi connectivity index (χ4v) is 2.38. The molecule has 1 heterocycles. The first-order chi connectivity index (χ1) is 7.20. The third kappa shape index (κ3) is 2.51. The molecule has 0 amide bonds. The van der Waals surface area contributed by atoms with E-state index >= 15 is 0 Å². The van der Waals surface area contributed by atoms with Crippen molar-refractivity contribution in [2.45, 2.75) is 51.6 Å². The predicted molar refractivity (Wildman–Crippen MR) is 63.5 cm³/mol. The van der Waals surface area contributed by atoms with Crippen LogP contribution in [0.2, 0.25) is 0 Å². The first-order valence-electron chi connectivity index (χ1n) is 6.09. The van der Waals surface area contributed by atoms with E-state index in [-0.39, 0.29) is 5.60 Å². The van der Waals surface area contributed by atoms with Crippen molar-refractivity contribution in [1.82, 2.24) is 4.90 Å². The van der Waals surface area contributed by atoms with Gasteiger partial charge in [-0.3, -0.25) is 5.41 Å². The van der Waals surface area contributed by atoms with Crippen LogP contribution in [0, 0.1) is 5.41 Å². The zero-order valence-electron chi connectivity index (χ0n) is 10.3. The van der Waals surface area contributed by atoms with Crippen LogP contribution >= 0.6 is 0 Å². The molecule has 1 saturated heterocycles. The summed E-state index contributed by atoms with van der Waals surface area (Å²) in [5, 5.41) is 8.29. The maximum absolute atomic E-state index is 8.29. The highest BCUT2D eigenvalue weighted by Crippen LogP contribution is 2.24. The Labute approximate surface area is 93.3 Å². The lowest BCUT2D eigenvalue weighted by molar-refractivity contribution is 0.0303. The summed E-state index contributed by atoms with van der Waals surface area (Å²) in [5.41, 5.74) is -0.350. The molecule has 0 saturated carbocycles. The molecular formula is C12H24N2O. The molecule has 1 N–H and O–H groups in total. The van der Waals surface area contributed by atoms with E-state index in [0.29, 0.717) is 5.84 Å². The molecule has 0 aliphatic carbocycles. The molecule has 0 aromatic rings. The fourth-order valence-electron chi connectivity index (χ4n) is 2.38. The van der Waals surface area contributed by atoms with Gasteiger partial charge in [0.15, 0.2) is 0 Å². The Hall–Kier alpha value is -0.570. The van der Waals surface area contributed by atoms with Gasteiger partial charge in [0, 0.05) is 20.2 Å². The van der Waals surface area contributed by atoms with Crippen LogP contribution in [0.4, 0.5) is 0 Å². The molecule has 15 heavy (non-hydrogen) atoms. The zero-order valence-corrected chi connectivity index (χ0v) is 10.3. The highest BCUT2D eigenvalue weighted by Gasteiger charge is 2.34. The summed E-state index contributed by atoms with van der Waals surface area (Å²) in [6.07, 6.45) is 5.51. The van der Waals surface area contributed by atoms with E-state index < -0.39 is 0 Å². The van der Waals surface area contributed by atoms with E-state index in [1.54, 1.807) is 7.11 Å². The number of ether oxygens (including phenoxy) is 1. The zero-order chi connectivity index (χ0) is 11.3. The first kappa shape index (κ1) is 12.5. The minimum atomic E-state index is -0.350. The second-order valence-electron chi connectivity index (χ2n) is 4.30. The standard InChI is InChI=1S/C12H24N2O/c1-4-12(5-2,15-3)11(13)14-9-7-6-8-10-14/h13H,4-10H2,1-3H3. The molecule has 3 nitrogen and oxygen atoms in total.